The average molecular weight is 568 g/mol. The maximum Gasteiger partial charge on any atom is 0.264 e. The van der Waals surface area contributed by atoms with Crippen LogP contribution in [0, 0.1) is 12.7 Å². The molecule has 0 bridgehead atoms. The van der Waals surface area contributed by atoms with E-state index in [1.807, 2.05) is 39.8 Å². The van der Waals surface area contributed by atoms with Gasteiger partial charge < -0.3 is 10.2 Å². The molecular formula is C31H38FN3O4S. The zero-order valence-electron chi connectivity index (χ0n) is 23.7. The van der Waals surface area contributed by atoms with E-state index in [0.29, 0.717) is 24.1 Å². The summed E-state index contributed by atoms with van der Waals surface area (Å²) in [5.41, 5.74) is 2.69. The number of nitrogens with one attached hydrogen (secondary N) is 1. The third-order valence-electron chi connectivity index (χ3n) is 6.61. The Morgan fingerprint density at radius 2 is 1.55 bits per heavy atom. The van der Waals surface area contributed by atoms with Gasteiger partial charge in [-0.1, -0.05) is 61.9 Å². The molecule has 0 aromatic heterocycles. The minimum absolute atomic E-state index is 0.0109. The van der Waals surface area contributed by atoms with E-state index >= 15 is 0 Å². The van der Waals surface area contributed by atoms with Crippen LogP contribution in [0.3, 0.4) is 0 Å². The van der Waals surface area contributed by atoms with Crippen LogP contribution < -0.4 is 9.62 Å². The van der Waals surface area contributed by atoms with Gasteiger partial charge in [-0.05, 0) is 75.1 Å². The van der Waals surface area contributed by atoms with Crippen molar-refractivity contribution in [2.45, 2.75) is 71.0 Å². The zero-order valence-corrected chi connectivity index (χ0v) is 24.5. The standard InChI is InChI=1S/C31H38FN3O4S/c1-6-25-10-8-9-11-29(25)35(40(38,39)27-18-12-23(5)13-19-27)21-30(36)34(20-24-14-16-26(32)17-15-24)28(7-2)31(37)33-22(3)4/h8-19,22,28H,6-7,20-21H2,1-5H3,(H,33,37)/t28-/m0/s1. The average Bonchev–Trinajstić information content (AvgIpc) is 2.92. The molecular weight excluding hydrogens is 529 g/mol. The van der Waals surface area contributed by atoms with Crippen molar-refractivity contribution in [3.8, 4) is 0 Å². The quantitative estimate of drug-likeness (QED) is 0.325. The predicted molar refractivity (Wildman–Crippen MR) is 156 cm³/mol. The number of halogens is 1. The fraction of sp³-hybridized carbons (Fsp3) is 0.355. The van der Waals surface area contributed by atoms with Crippen molar-refractivity contribution < 1.29 is 22.4 Å². The number of hydrogen-bond acceptors (Lipinski definition) is 4. The SMILES string of the molecule is CCc1ccccc1N(CC(=O)N(Cc1ccc(F)cc1)[C@@H](CC)C(=O)NC(C)C)S(=O)(=O)c1ccc(C)cc1. The van der Waals surface area contributed by atoms with Crippen molar-refractivity contribution in [2.75, 3.05) is 10.8 Å². The number of amides is 2. The lowest BCUT2D eigenvalue weighted by atomic mass is 10.1. The fourth-order valence-electron chi connectivity index (χ4n) is 4.49. The Morgan fingerprint density at radius 1 is 0.925 bits per heavy atom. The lowest BCUT2D eigenvalue weighted by Crippen LogP contribution is -2.53. The Hall–Kier alpha value is -3.72. The molecule has 0 radical (unpaired) electrons. The predicted octanol–water partition coefficient (Wildman–Crippen LogP) is 5.22. The number of hydrogen-bond donors (Lipinski definition) is 1. The van der Waals surface area contributed by atoms with Crippen molar-refractivity contribution in [1.82, 2.24) is 10.2 Å². The van der Waals surface area contributed by atoms with Gasteiger partial charge in [0.15, 0.2) is 0 Å². The number of aryl methyl sites for hydroxylation is 2. The van der Waals surface area contributed by atoms with Crippen molar-refractivity contribution >= 4 is 27.5 Å². The molecule has 2 amide bonds. The van der Waals surface area contributed by atoms with Crippen LogP contribution in [0.25, 0.3) is 0 Å². The Balaban J connectivity index is 2.09. The maximum atomic E-state index is 14.1. The van der Waals surface area contributed by atoms with Crippen LogP contribution in [0.2, 0.25) is 0 Å². The minimum atomic E-state index is -4.15. The van der Waals surface area contributed by atoms with Crippen LogP contribution in [0.15, 0.2) is 77.7 Å². The Labute approximate surface area is 237 Å². The van der Waals surface area contributed by atoms with Crippen LogP contribution in [0.5, 0.6) is 0 Å². The van der Waals surface area contributed by atoms with E-state index in [4.69, 9.17) is 0 Å². The molecule has 9 heteroatoms. The molecule has 1 atom stereocenters. The number of rotatable bonds is 12. The van der Waals surface area contributed by atoms with Gasteiger partial charge in [-0.15, -0.1) is 0 Å². The van der Waals surface area contributed by atoms with Gasteiger partial charge in [0.05, 0.1) is 10.6 Å². The van der Waals surface area contributed by atoms with Crippen molar-refractivity contribution in [3.63, 3.8) is 0 Å². The number of nitrogens with zero attached hydrogens (tertiary/aromatic N) is 2. The van der Waals surface area contributed by atoms with E-state index < -0.39 is 34.3 Å². The van der Waals surface area contributed by atoms with E-state index in [0.717, 1.165) is 15.4 Å². The van der Waals surface area contributed by atoms with Gasteiger partial charge >= 0.3 is 0 Å². The minimum Gasteiger partial charge on any atom is -0.352 e. The lowest BCUT2D eigenvalue weighted by Gasteiger charge is -2.34. The summed E-state index contributed by atoms with van der Waals surface area (Å²) in [6.45, 7) is 8.73. The first-order chi connectivity index (χ1) is 19.0. The lowest BCUT2D eigenvalue weighted by molar-refractivity contribution is -0.140. The first-order valence-corrected chi connectivity index (χ1v) is 14.9. The number of carbonyl (C=O) groups is 2. The number of sulfonamides is 1. The number of para-hydroxylation sites is 1. The molecule has 7 nitrogen and oxygen atoms in total. The third-order valence-corrected chi connectivity index (χ3v) is 8.39. The summed E-state index contributed by atoms with van der Waals surface area (Å²) in [6.07, 6.45) is 0.861. The van der Waals surface area contributed by atoms with Gasteiger partial charge in [0, 0.05) is 12.6 Å². The van der Waals surface area contributed by atoms with Crippen LogP contribution >= 0.6 is 0 Å². The molecule has 0 aliphatic rings. The molecule has 0 heterocycles. The summed E-state index contributed by atoms with van der Waals surface area (Å²) in [7, 11) is -4.15. The zero-order chi connectivity index (χ0) is 29.4. The molecule has 0 aliphatic heterocycles. The van der Waals surface area contributed by atoms with Gasteiger partial charge in [0.25, 0.3) is 10.0 Å². The Bertz CT molecular complexity index is 1410. The first-order valence-electron chi connectivity index (χ1n) is 13.5. The van der Waals surface area contributed by atoms with Crippen LogP contribution in [-0.2, 0) is 32.6 Å². The summed E-state index contributed by atoms with van der Waals surface area (Å²) < 4.78 is 42.8. The molecule has 1 N–H and O–H groups in total. The topological polar surface area (TPSA) is 86.8 Å². The van der Waals surface area contributed by atoms with Gasteiger partial charge in [-0.2, -0.15) is 0 Å². The Morgan fingerprint density at radius 3 is 2.12 bits per heavy atom. The van der Waals surface area contributed by atoms with Crippen molar-refractivity contribution in [2.24, 2.45) is 0 Å². The van der Waals surface area contributed by atoms with E-state index in [1.165, 1.54) is 29.2 Å². The molecule has 3 rings (SSSR count). The number of anilines is 1. The van der Waals surface area contributed by atoms with Crippen LogP contribution in [0.1, 0.15) is 50.8 Å². The molecule has 214 valence electrons. The molecule has 0 spiro atoms. The summed E-state index contributed by atoms with van der Waals surface area (Å²) in [4.78, 5) is 28.7. The highest BCUT2D eigenvalue weighted by Crippen LogP contribution is 2.28. The smallest absolute Gasteiger partial charge is 0.264 e. The molecule has 0 fully saturated rings. The first kappa shape index (κ1) is 30.8. The molecule has 0 unspecified atom stereocenters. The highest BCUT2D eigenvalue weighted by atomic mass is 32.2. The van der Waals surface area contributed by atoms with Crippen LogP contribution in [-0.4, -0.2) is 43.8 Å². The second kappa shape index (κ2) is 13.6. The fourth-order valence-corrected chi connectivity index (χ4v) is 5.94. The van der Waals surface area contributed by atoms with Gasteiger partial charge in [0.2, 0.25) is 11.8 Å². The van der Waals surface area contributed by atoms with Gasteiger partial charge in [0.1, 0.15) is 18.4 Å². The normalized spacial score (nSPS) is 12.2. The summed E-state index contributed by atoms with van der Waals surface area (Å²) in [6, 6.07) is 18.2. The van der Waals surface area contributed by atoms with Crippen molar-refractivity contribution in [3.05, 3.63) is 95.3 Å². The van der Waals surface area contributed by atoms with Gasteiger partial charge in [-0.25, -0.2) is 12.8 Å². The monoisotopic (exact) mass is 567 g/mol. The molecule has 3 aromatic rings. The summed E-state index contributed by atoms with van der Waals surface area (Å²) >= 11 is 0. The number of carbonyl (C=O) groups excluding carboxylic acids is 2. The Kier molecular flexibility index (Phi) is 10.5. The van der Waals surface area contributed by atoms with E-state index in [9.17, 15) is 22.4 Å². The highest BCUT2D eigenvalue weighted by molar-refractivity contribution is 7.92. The second-order valence-electron chi connectivity index (χ2n) is 10.0. The van der Waals surface area contributed by atoms with E-state index in [-0.39, 0.29) is 23.4 Å². The third kappa shape index (κ3) is 7.47. The molecule has 3 aromatic carbocycles. The summed E-state index contributed by atoms with van der Waals surface area (Å²) in [5, 5.41) is 2.86. The molecule has 0 saturated carbocycles. The highest BCUT2D eigenvalue weighted by Gasteiger charge is 2.34. The molecule has 0 aliphatic carbocycles. The van der Waals surface area contributed by atoms with Gasteiger partial charge in [-0.3, -0.25) is 13.9 Å². The second-order valence-corrected chi connectivity index (χ2v) is 11.9. The largest absolute Gasteiger partial charge is 0.352 e. The maximum absolute atomic E-state index is 14.1. The van der Waals surface area contributed by atoms with E-state index in [2.05, 4.69) is 5.32 Å². The van der Waals surface area contributed by atoms with E-state index in [1.54, 1.807) is 43.3 Å². The van der Waals surface area contributed by atoms with Crippen molar-refractivity contribution in [1.29, 1.82) is 0 Å². The molecule has 0 saturated heterocycles. The molecule has 40 heavy (non-hydrogen) atoms. The van der Waals surface area contributed by atoms with Crippen LogP contribution in [0.4, 0.5) is 10.1 Å². The summed E-state index contributed by atoms with van der Waals surface area (Å²) in [5.74, 6) is -1.30. The number of benzene rings is 3.